The molecule has 104 valence electrons. The number of aromatic amines is 1. The number of nitrogens with one attached hydrogen (secondary N) is 2. The Hall–Kier alpha value is -2.93. The number of hydrogen-bond donors (Lipinski definition) is 2. The highest BCUT2D eigenvalue weighted by atomic mass is 16.5. The molecule has 0 radical (unpaired) electrons. The lowest BCUT2D eigenvalue weighted by molar-refractivity contribution is 0.368. The third kappa shape index (κ3) is 3.15. The first-order valence-electron chi connectivity index (χ1n) is 6.75. The zero-order valence-corrected chi connectivity index (χ0v) is 11.5. The monoisotopic (exact) mass is 277 g/mol. The van der Waals surface area contributed by atoms with Gasteiger partial charge < -0.3 is 15.0 Å². The van der Waals surface area contributed by atoms with E-state index in [1.54, 1.807) is 0 Å². The van der Waals surface area contributed by atoms with Crippen LogP contribution in [0.5, 0.6) is 5.75 Å². The predicted octanol–water partition coefficient (Wildman–Crippen LogP) is 3.68. The van der Waals surface area contributed by atoms with Crippen molar-refractivity contribution in [2.45, 2.75) is 6.54 Å². The zero-order chi connectivity index (χ0) is 14.5. The number of ether oxygens (including phenoxy) is 1. The summed E-state index contributed by atoms with van der Waals surface area (Å²) in [6.07, 6.45) is 1.93. The van der Waals surface area contributed by atoms with E-state index in [4.69, 9.17) is 10.00 Å². The Labute approximate surface area is 123 Å². The SMILES string of the molecule is N#CCOc1cccc(CNc2ccc3[nH]ccc3c2)c1. The van der Waals surface area contributed by atoms with Crippen LogP contribution in [0.3, 0.4) is 0 Å². The molecule has 4 nitrogen and oxygen atoms in total. The Morgan fingerprint density at radius 1 is 1.14 bits per heavy atom. The standard InChI is InChI=1S/C17H15N3O/c18-7-9-21-16-3-1-2-13(10-16)12-20-15-4-5-17-14(11-15)6-8-19-17/h1-6,8,10-11,19-20H,9,12H2. The van der Waals surface area contributed by atoms with Crippen molar-refractivity contribution in [2.75, 3.05) is 11.9 Å². The maximum absolute atomic E-state index is 8.53. The van der Waals surface area contributed by atoms with Crippen LogP contribution in [-0.4, -0.2) is 11.6 Å². The fraction of sp³-hybridized carbons (Fsp3) is 0.118. The molecule has 0 spiro atoms. The van der Waals surface area contributed by atoms with E-state index in [1.807, 2.05) is 36.5 Å². The third-order valence-electron chi connectivity index (χ3n) is 3.25. The number of fused-ring (bicyclic) bond motifs is 1. The molecule has 2 aromatic carbocycles. The Morgan fingerprint density at radius 2 is 2.10 bits per heavy atom. The number of nitrogens with zero attached hydrogens (tertiary/aromatic N) is 1. The molecule has 0 unspecified atom stereocenters. The van der Waals surface area contributed by atoms with Gasteiger partial charge in [-0.15, -0.1) is 0 Å². The van der Waals surface area contributed by atoms with Gasteiger partial charge in [-0.25, -0.2) is 0 Å². The molecule has 0 aliphatic heterocycles. The molecule has 3 rings (SSSR count). The van der Waals surface area contributed by atoms with E-state index in [-0.39, 0.29) is 6.61 Å². The first-order chi connectivity index (χ1) is 10.3. The summed E-state index contributed by atoms with van der Waals surface area (Å²) in [5.74, 6) is 0.719. The molecule has 0 aliphatic carbocycles. The fourth-order valence-electron chi connectivity index (χ4n) is 2.23. The summed E-state index contributed by atoms with van der Waals surface area (Å²) in [5.41, 5.74) is 3.32. The highest BCUT2D eigenvalue weighted by Gasteiger charge is 1.99. The molecule has 0 amide bonds. The lowest BCUT2D eigenvalue weighted by atomic mass is 10.2. The van der Waals surface area contributed by atoms with Crippen LogP contribution in [0.4, 0.5) is 5.69 Å². The second kappa shape index (κ2) is 6.02. The van der Waals surface area contributed by atoms with Crippen LogP contribution in [0.25, 0.3) is 10.9 Å². The number of aromatic nitrogens is 1. The van der Waals surface area contributed by atoms with E-state index in [9.17, 15) is 0 Å². The summed E-state index contributed by atoms with van der Waals surface area (Å²) in [6.45, 7) is 0.778. The largest absolute Gasteiger partial charge is 0.479 e. The van der Waals surface area contributed by atoms with Crippen molar-refractivity contribution in [3.05, 3.63) is 60.3 Å². The van der Waals surface area contributed by atoms with Gasteiger partial charge in [0.15, 0.2) is 6.61 Å². The third-order valence-corrected chi connectivity index (χ3v) is 3.25. The van der Waals surface area contributed by atoms with Crippen LogP contribution >= 0.6 is 0 Å². The number of hydrogen-bond acceptors (Lipinski definition) is 3. The summed E-state index contributed by atoms with van der Waals surface area (Å²) < 4.78 is 5.30. The van der Waals surface area contributed by atoms with Crippen molar-refractivity contribution >= 4 is 16.6 Å². The second-order valence-electron chi connectivity index (χ2n) is 4.73. The lowest BCUT2D eigenvalue weighted by Gasteiger charge is -2.08. The van der Waals surface area contributed by atoms with Gasteiger partial charge >= 0.3 is 0 Å². The van der Waals surface area contributed by atoms with Gasteiger partial charge in [-0.2, -0.15) is 5.26 Å². The molecule has 0 saturated carbocycles. The van der Waals surface area contributed by atoms with E-state index in [0.717, 1.165) is 22.5 Å². The summed E-state index contributed by atoms with van der Waals surface area (Å²) >= 11 is 0. The van der Waals surface area contributed by atoms with Gasteiger partial charge in [0.1, 0.15) is 11.8 Å². The Bertz CT molecular complexity index is 786. The molecule has 0 saturated heterocycles. The molecule has 0 fully saturated rings. The number of H-pyrrole nitrogens is 1. The van der Waals surface area contributed by atoms with Crippen LogP contribution in [-0.2, 0) is 6.54 Å². The smallest absolute Gasteiger partial charge is 0.174 e. The molecule has 1 aromatic heterocycles. The average molecular weight is 277 g/mol. The van der Waals surface area contributed by atoms with Crippen molar-refractivity contribution in [2.24, 2.45) is 0 Å². The molecule has 0 bridgehead atoms. The zero-order valence-electron chi connectivity index (χ0n) is 11.5. The highest BCUT2D eigenvalue weighted by Crippen LogP contribution is 2.19. The van der Waals surface area contributed by atoms with Gasteiger partial charge in [0.05, 0.1) is 0 Å². The van der Waals surface area contributed by atoms with Crippen LogP contribution in [0.1, 0.15) is 5.56 Å². The van der Waals surface area contributed by atoms with Crippen molar-refractivity contribution in [3.63, 3.8) is 0 Å². The number of nitriles is 1. The molecule has 0 aliphatic rings. The number of anilines is 1. The molecule has 1 heterocycles. The van der Waals surface area contributed by atoms with Gasteiger partial charge in [-0.1, -0.05) is 12.1 Å². The molecule has 2 N–H and O–H groups in total. The summed E-state index contributed by atoms with van der Waals surface area (Å²) in [6, 6.07) is 18.0. The molecule has 3 aromatic rings. The van der Waals surface area contributed by atoms with Crippen LogP contribution in [0.15, 0.2) is 54.7 Å². The van der Waals surface area contributed by atoms with Crippen molar-refractivity contribution in [1.29, 1.82) is 5.26 Å². The summed E-state index contributed by atoms with van der Waals surface area (Å²) in [5, 5.41) is 13.1. The van der Waals surface area contributed by atoms with Crippen LogP contribution in [0.2, 0.25) is 0 Å². The van der Waals surface area contributed by atoms with Crippen LogP contribution in [0, 0.1) is 11.3 Å². The first-order valence-corrected chi connectivity index (χ1v) is 6.75. The first kappa shape index (κ1) is 13.1. The van der Waals surface area contributed by atoms with E-state index >= 15 is 0 Å². The van der Waals surface area contributed by atoms with Gasteiger partial charge in [-0.05, 0) is 42.0 Å². The van der Waals surface area contributed by atoms with Gasteiger partial charge in [-0.3, -0.25) is 0 Å². The quantitative estimate of drug-likeness (QED) is 0.747. The maximum Gasteiger partial charge on any atom is 0.174 e. The molecular weight excluding hydrogens is 262 g/mol. The summed E-state index contributed by atoms with van der Waals surface area (Å²) in [7, 11) is 0. The minimum absolute atomic E-state index is 0.0705. The van der Waals surface area contributed by atoms with E-state index in [0.29, 0.717) is 6.54 Å². The van der Waals surface area contributed by atoms with Gasteiger partial charge in [0.25, 0.3) is 0 Å². The number of rotatable bonds is 5. The highest BCUT2D eigenvalue weighted by molar-refractivity contribution is 5.82. The molecular formula is C17H15N3O. The second-order valence-corrected chi connectivity index (χ2v) is 4.73. The normalized spacial score (nSPS) is 10.2. The Morgan fingerprint density at radius 3 is 3.00 bits per heavy atom. The topological polar surface area (TPSA) is 60.8 Å². The van der Waals surface area contributed by atoms with E-state index in [1.165, 1.54) is 5.39 Å². The Balaban J connectivity index is 1.67. The average Bonchev–Trinajstić information content (AvgIpc) is 2.99. The van der Waals surface area contributed by atoms with Gasteiger partial charge in [0.2, 0.25) is 0 Å². The van der Waals surface area contributed by atoms with E-state index < -0.39 is 0 Å². The molecule has 0 atom stereocenters. The van der Waals surface area contributed by atoms with Gasteiger partial charge in [0, 0.05) is 29.3 Å². The maximum atomic E-state index is 8.53. The fourth-order valence-corrected chi connectivity index (χ4v) is 2.23. The van der Waals surface area contributed by atoms with E-state index in [2.05, 4.69) is 34.6 Å². The molecule has 4 heteroatoms. The van der Waals surface area contributed by atoms with Crippen molar-refractivity contribution in [3.8, 4) is 11.8 Å². The van der Waals surface area contributed by atoms with Crippen LogP contribution < -0.4 is 10.1 Å². The predicted molar refractivity (Wildman–Crippen MR) is 83.2 cm³/mol. The Kier molecular flexibility index (Phi) is 3.74. The lowest BCUT2D eigenvalue weighted by Crippen LogP contribution is -2.00. The summed E-state index contributed by atoms with van der Waals surface area (Å²) in [4.78, 5) is 3.18. The minimum atomic E-state index is 0.0705. The molecule has 21 heavy (non-hydrogen) atoms. The van der Waals surface area contributed by atoms with Crippen molar-refractivity contribution < 1.29 is 4.74 Å². The number of benzene rings is 2. The van der Waals surface area contributed by atoms with Crippen molar-refractivity contribution in [1.82, 2.24) is 4.98 Å². The minimum Gasteiger partial charge on any atom is -0.479 e.